The summed E-state index contributed by atoms with van der Waals surface area (Å²) in [6.07, 6.45) is 6.26. The van der Waals surface area contributed by atoms with Gasteiger partial charge in [-0.2, -0.15) is 0 Å². The lowest BCUT2D eigenvalue weighted by Crippen LogP contribution is -2.41. The number of aromatic nitrogens is 2. The van der Waals surface area contributed by atoms with Gasteiger partial charge in [0.2, 0.25) is 5.91 Å². The molecule has 3 aromatic rings. The number of hydrogen-bond acceptors (Lipinski definition) is 5. The molecule has 2 aromatic carbocycles. The zero-order valence-electron chi connectivity index (χ0n) is 18.0. The van der Waals surface area contributed by atoms with Gasteiger partial charge in [0.1, 0.15) is 5.03 Å². The van der Waals surface area contributed by atoms with Crippen LogP contribution in [0.1, 0.15) is 30.9 Å². The molecule has 160 valence electrons. The lowest BCUT2D eigenvalue weighted by molar-refractivity contribution is -0.120. The molecular weight excluding hydrogens is 404 g/mol. The molecule has 4 rings (SSSR count). The Labute approximate surface area is 188 Å². The van der Waals surface area contributed by atoms with Gasteiger partial charge in [0.15, 0.2) is 5.82 Å². The average molecular weight is 433 g/mol. The highest BCUT2D eigenvalue weighted by molar-refractivity contribution is 7.99. The topological polar surface area (TPSA) is 58.1 Å². The number of amides is 1. The zero-order chi connectivity index (χ0) is 21.6. The van der Waals surface area contributed by atoms with Crippen molar-refractivity contribution in [3.8, 4) is 0 Å². The molecule has 0 unspecified atom stereocenters. The summed E-state index contributed by atoms with van der Waals surface area (Å²) in [5.41, 5.74) is 3.33. The number of carbonyl (C=O) groups excluding carboxylic acids is 1. The van der Waals surface area contributed by atoms with Crippen LogP contribution in [0.2, 0.25) is 0 Å². The van der Waals surface area contributed by atoms with Crippen LogP contribution in [0.25, 0.3) is 0 Å². The van der Waals surface area contributed by atoms with E-state index in [0.717, 1.165) is 47.2 Å². The molecule has 0 radical (unpaired) electrons. The number of carbonyl (C=O) groups is 1. The van der Waals surface area contributed by atoms with Gasteiger partial charge >= 0.3 is 0 Å². The third-order valence-corrected chi connectivity index (χ3v) is 6.57. The maximum Gasteiger partial charge on any atom is 0.229 e. The van der Waals surface area contributed by atoms with Crippen molar-refractivity contribution < 1.29 is 4.79 Å². The van der Waals surface area contributed by atoms with E-state index in [4.69, 9.17) is 0 Å². The summed E-state index contributed by atoms with van der Waals surface area (Å²) in [7, 11) is 0. The van der Waals surface area contributed by atoms with E-state index in [0.29, 0.717) is 6.54 Å². The van der Waals surface area contributed by atoms with Gasteiger partial charge in [0, 0.05) is 36.1 Å². The third-order valence-electron chi connectivity index (χ3n) is 5.58. The Morgan fingerprint density at radius 1 is 1.16 bits per heavy atom. The summed E-state index contributed by atoms with van der Waals surface area (Å²) >= 11 is 1.62. The first-order valence-corrected chi connectivity index (χ1v) is 11.6. The second-order valence-electron chi connectivity index (χ2n) is 7.93. The molecule has 0 saturated carbocycles. The number of benzene rings is 2. The first-order valence-electron chi connectivity index (χ1n) is 10.8. The van der Waals surface area contributed by atoms with Gasteiger partial charge in [-0.1, -0.05) is 48.5 Å². The maximum absolute atomic E-state index is 13.0. The number of rotatable bonds is 6. The second kappa shape index (κ2) is 9.96. The van der Waals surface area contributed by atoms with E-state index in [1.54, 1.807) is 24.2 Å². The van der Waals surface area contributed by atoms with Crippen LogP contribution >= 0.6 is 11.8 Å². The van der Waals surface area contributed by atoms with Crippen molar-refractivity contribution in [3.05, 3.63) is 72.1 Å². The third kappa shape index (κ3) is 5.44. The predicted octanol–water partition coefficient (Wildman–Crippen LogP) is 5.35. The minimum Gasteiger partial charge on any atom is -0.354 e. The van der Waals surface area contributed by atoms with Crippen molar-refractivity contribution in [1.82, 2.24) is 9.97 Å². The fraction of sp³-hybridized carbons (Fsp3) is 0.320. The molecule has 31 heavy (non-hydrogen) atoms. The van der Waals surface area contributed by atoms with Gasteiger partial charge in [-0.3, -0.25) is 4.79 Å². The van der Waals surface area contributed by atoms with Crippen LogP contribution in [-0.2, 0) is 11.2 Å². The maximum atomic E-state index is 13.0. The van der Waals surface area contributed by atoms with Gasteiger partial charge in [-0.05, 0) is 56.0 Å². The summed E-state index contributed by atoms with van der Waals surface area (Å²) in [5, 5.41) is 3.99. The van der Waals surface area contributed by atoms with Gasteiger partial charge < -0.3 is 10.2 Å². The van der Waals surface area contributed by atoms with Crippen molar-refractivity contribution in [2.24, 2.45) is 5.92 Å². The SMILES string of the molecule is CCc1cccc(NC(=O)[C@H]2CCCN(c3nccnc3Sc3ccc(C)cc3)C2)c1. The molecule has 1 amide bonds. The molecule has 2 heterocycles. The van der Waals surface area contributed by atoms with E-state index in [-0.39, 0.29) is 11.8 Å². The molecule has 1 saturated heterocycles. The summed E-state index contributed by atoms with van der Waals surface area (Å²) in [6, 6.07) is 16.5. The largest absolute Gasteiger partial charge is 0.354 e. The Morgan fingerprint density at radius 2 is 1.97 bits per heavy atom. The summed E-state index contributed by atoms with van der Waals surface area (Å²) in [4.78, 5) is 25.5. The van der Waals surface area contributed by atoms with Gasteiger partial charge in [0.05, 0.1) is 5.92 Å². The molecule has 1 atom stereocenters. The van der Waals surface area contributed by atoms with Crippen LogP contribution in [0.4, 0.5) is 11.5 Å². The molecule has 1 N–H and O–H groups in total. The summed E-state index contributed by atoms with van der Waals surface area (Å²) < 4.78 is 0. The quantitative estimate of drug-likeness (QED) is 0.569. The fourth-order valence-electron chi connectivity index (χ4n) is 3.82. The average Bonchev–Trinajstić information content (AvgIpc) is 2.81. The van der Waals surface area contributed by atoms with Gasteiger partial charge in [0.25, 0.3) is 0 Å². The Balaban J connectivity index is 1.47. The minimum absolute atomic E-state index is 0.0711. The smallest absolute Gasteiger partial charge is 0.229 e. The minimum atomic E-state index is -0.0711. The number of aryl methyl sites for hydroxylation is 2. The highest BCUT2D eigenvalue weighted by Crippen LogP contribution is 2.34. The van der Waals surface area contributed by atoms with Crippen LogP contribution in [0.3, 0.4) is 0 Å². The Kier molecular flexibility index (Phi) is 6.87. The molecule has 1 fully saturated rings. The molecule has 0 spiro atoms. The van der Waals surface area contributed by atoms with Crippen LogP contribution in [0.15, 0.2) is 70.8 Å². The molecule has 0 bridgehead atoms. The van der Waals surface area contributed by atoms with Crippen molar-refractivity contribution in [2.45, 2.75) is 43.0 Å². The van der Waals surface area contributed by atoms with E-state index in [1.165, 1.54) is 11.1 Å². The molecule has 5 nitrogen and oxygen atoms in total. The zero-order valence-corrected chi connectivity index (χ0v) is 18.9. The molecular formula is C25H28N4OS. The monoisotopic (exact) mass is 432 g/mol. The van der Waals surface area contributed by atoms with E-state index in [2.05, 4.69) is 70.4 Å². The standard InChI is InChI=1S/C25H28N4OS/c1-3-19-6-4-8-21(16-19)28-24(30)20-7-5-15-29(17-20)23-25(27-14-13-26-23)31-22-11-9-18(2)10-12-22/h4,6,8-14,16,20H,3,5,7,15,17H2,1-2H3,(H,28,30)/t20-/m0/s1. The first-order chi connectivity index (χ1) is 15.1. The number of hydrogen-bond donors (Lipinski definition) is 1. The molecule has 1 aliphatic rings. The van der Waals surface area contributed by atoms with Gasteiger partial charge in [-0.25, -0.2) is 9.97 Å². The Bertz CT molecular complexity index is 1040. The van der Waals surface area contributed by atoms with E-state index in [1.807, 2.05) is 12.1 Å². The highest BCUT2D eigenvalue weighted by Gasteiger charge is 2.28. The fourth-order valence-corrected chi connectivity index (χ4v) is 4.70. The number of piperidine rings is 1. The lowest BCUT2D eigenvalue weighted by atomic mass is 9.97. The lowest BCUT2D eigenvalue weighted by Gasteiger charge is -2.33. The van der Waals surface area contributed by atoms with Crippen molar-refractivity contribution >= 4 is 29.2 Å². The van der Waals surface area contributed by atoms with Crippen LogP contribution in [-0.4, -0.2) is 29.0 Å². The van der Waals surface area contributed by atoms with Crippen molar-refractivity contribution in [2.75, 3.05) is 23.3 Å². The van der Waals surface area contributed by atoms with Crippen LogP contribution < -0.4 is 10.2 Å². The normalized spacial score (nSPS) is 16.2. The molecule has 1 aromatic heterocycles. The predicted molar refractivity (Wildman–Crippen MR) is 127 cm³/mol. The molecule has 6 heteroatoms. The highest BCUT2D eigenvalue weighted by atomic mass is 32.2. The number of anilines is 2. The van der Waals surface area contributed by atoms with E-state index >= 15 is 0 Å². The second-order valence-corrected chi connectivity index (χ2v) is 8.99. The van der Waals surface area contributed by atoms with Crippen LogP contribution in [0, 0.1) is 12.8 Å². The molecule has 1 aliphatic heterocycles. The first kappa shape index (κ1) is 21.4. The van der Waals surface area contributed by atoms with Crippen LogP contribution in [0.5, 0.6) is 0 Å². The number of nitrogens with one attached hydrogen (secondary N) is 1. The van der Waals surface area contributed by atoms with Crippen molar-refractivity contribution in [3.63, 3.8) is 0 Å². The van der Waals surface area contributed by atoms with Crippen molar-refractivity contribution in [1.29, 1.82) is 0 Å². The Hall–Kier alpha value is -2.86. The molecule has 0 aliphatic carbocycles. The van der Waals surface area contributed by atoms with E-state index in [9.17, 15) is 4.79 Å². The summed E-state index contributed by atoms with van der Waals surface area (Å²) in [6.45, 7) is 5.74. The van der Waals surface area contributed by atoms with E-state index < -0.39 is 0 Å². The van der Waals surface area contributed by atoms with Gasteiger partial charge in [-0.15, -0.1) is 0 Å². The summed E-state index contributed by atoms with van der Waals surface area (Å²) in [5.74, 6) is 0.867. The number of nitrogens with zero attached hydrogens (tertiary/aromatic N) is 3. The Morgan fingerprint density at radius 3 is 2.77 bits per heavy atom.